The number of benzene rings is 1. The van der Waals surface area contributed by atoms with E-state index in [-0.39, 0.29) is 22.1 Å². The van der Waals surface area contributed by atoms with Crippen molar-refractivity contribution < 1.29 is 18.3 Å². The summed E-state index contributed by atoms with van der Waals surface area (Å²) in [5, 5.41) is 4.51. The molecule has 0 aliphatic rings. The summed E-state index contributed by atoms with van der Waals surface area (Å²) < 4.78 is 35.5. The zero-order valence-corrected chi connectivity index (χ0v) is 15.9. The fraction of sp³-hybridized carbons (Fsp3) is 0.235. The van der Waals surface area contributed by atoms with E-state index >= 15 is 0 Å². The van der Waals surface area contributed by atoms with Crippen molar-refractivity contribution in [1.82, 2.24) is 9.66 Å². The lowest BCUT2D eigenvalue weighted by Gasteiger charge is -2.12. The van der Waals surface area contributed by atoms with Crippen LogP contribution in [0.1, 0.15) is 17.4 Å². The predicted octanol–water partition coefficient (Wildman–Crippen LogP) is 4.17. The number of hydrogen-bond donors (Lipinski definition) is 0. The van der Waals surface area contributed by atoms with Gasteiger partial charge in [0.1, 0.15) is 11.2 Å². The second-order valence-electron chi connectivity index (χ2n) is 5.34. The molecular formula is C17H14ClF2N3O3S. The lowest BCUT2D eigenvalue weighted by atomic mass is 10.2. The zero-order valence-electron chi connectivity index (χ0n) is 14.3. The molecule has 0 atom stereocenters. The Morgan fingerprint density at radius 3 is 2.85 bits per heavy atom. The summed E-state index contributed by atoms with van der Waals surface area (Å²) in [6.45, 7) is -1.04. The molecule has 1 aromatic carbocycles. The van der Waals surface area contributed by atoms with Crippen molar-refractivity contribution >= 4 is 39.4 Å². The van der Waals surface area contributed by atoms with Gasteiger partial charge in [-0.05, 0) is 30.2 Å². The van der Waals surface area contributed by atoms with Gasteiger partial charge in [0.2, 0.25) is 0 Å². The van der Waals surface area contributed by atoms with Crippen LogP contribution in [0, 0.1) is 0 Å². The number of thiophene rings is 1. The molecule has 3 rings (SSSR count). The standard InChI is InChI=1S/C17H14ClF2N3O3S/c1-3-10-6-11-15(27-10)21-8-23(16(11)24)22-7-9-4-12(18)14(26-17(19)20)13(5-9)25-2/h4-8,17H,3H2,1-2H3/b22-7-. The van der Waals surface area contributed by atoms with Gasteiger partial charge in [-0.1, -0.05) is 18.5 Å². The molecule has 27 heavy (non-hydrogen) atoms. The number of alkyl halides is 2. The van der Waals surface area contributed by atoms with Crippen LogP contribution in [0.2, 0.25) is 5.02 Å². The quantitative estimate of drug-likeness (QED) is 0.569. The largest absolute Gasteiger partial charge is 0.493 e. The maximum atomic E-state index is 12.5. The Morgan fingerprint density at radius 1 is 1.41 bits per heavy atom. The normalized spacial score (nSPS) is 11.6. The maximum Gasteiger partial charge on any atom is 0.387 e. The first-order chi connectivity index (χ1) is 12.9. The molecule has 0 radical (unpaired) electrons. The first-order valence-corrected chi connectivity index (χ1v) is 8.99. The minimum Gasteiger partial charge on any atom is -0.493 e. The van der Waals surface area contributed by atoms with Gasteiger partial charge in [-0.15, -0.1) is 11.3 Å². The Labute approximate surface area is 161 Å². The zero-order chi connectivity index (χ0) is 19.6. The molecule has 0 aliphatic heterocycles. The molecule has 0 saturated carbocycles. The molecule has 0 saturated heterocycles. The Bertz CT molecular complexity index is 1070. The Balaban J connectivity index is 1.96. The van der Waals surface area contributed by atoms with Crippen molar-refractivity contribution in [2.75, 3.05) is 7.11 Å². The van der Waals surface area contributed by atoms with E-state index in [1.54, 1.807) is 6.07 Å². The number of aromatic nitrogens is 2. The van der Waals surface area contributed by atoms with E-state index in [9.17, 15) is 13.6 Å². The minimum atomic E-state index is -3.04. The third-order valence-corrected chi connectivity index (χ3v) is 5.09. The minimum absolute atomic E-state index is 0.0237. The van der Waals surface area contributed by atoms with Gasteiger partial charge in [-0.25, -0.2) is 4.98 Å². The predicted molar refractivity (Wildman–Crippen MR) is 101 cm³/mol. The molecule has 0 amide bonds. The van der Waals surface area contributed by atoms with Crippen LogP contribution in [0.4, 0.5) is 8.78 Å². The Morgan fingerprint density at radius 2 is 2.19 bits per heavy atom. The van der Waals surface area contributed by atoms with Crippen molar-refractivity contribution in [3.63, 3.8) is 0 Å². The first-order valence-electron chi connectivity index (χ1n) is 7.79. The second kappa shape index (κ2) is 8.01. The van der Waals surface area contributed by atoms with E-state index in [0.29, 0.717) is 15.8 Å². The molecule has 0 N–H and O–H groups in total. The number of aryl methyl sites for hydroxylation is 1. The number of rotatable bonds is 6. The number of methoxy groups -OCH3 is 1. The van der Waals surface area contributed by atoms with E-state index in [0.717, 1.165) is 16.0 Å². The van der Waals surface area contributed by atoms with Gasteiger partial charge < -0.3 is 9.47 Å². The van der Waals surface area contributed by atoms with Crippen molar-refractivity contribution in [3.8, 4) is 11.5 Å². The average Bonchev–Trinajstić information content (AvgIpc) is 3.07. The van der Waals surface area contributed by atoms with Gasteiger partial charge >= 0.3 is 6.61 Å². The van der Waals surface area contributed by atoms with E-state index in [2.05, 4.69) is 14.8 Å². The van der Waals surface area contributed by atoms with Gasteiger partial charge in [0.25, 0.3) is 5.56 Å². The fourth-order valence-electron chi connectivity index (χ4n) is 2.37. The molecule has 0 bridgehead atoms. The molecule has 0 spiro atoms. The molecule has 0 unspecified atom stereocenters. The maximum absolute atomic E-state index is 12.5. The van der Waals surface area contributed by atoms with Gasteiger partial charge in [0.15, 0.2) is 11.5 Å². The van der Waals surface area contributed by atoms with E-state index in [4.69, 9.17) is 16.3 Å². The SMILES string of the molecule is CCc1cc2c(=O)n(/N=C\c3cc(Cl)c(OC(F)F)c(OC)c3)cnc2s1. The van der Waals surface area contributed by atoms with Crippen molar-refractivity contribution in [1.29, 1.82) is 0 Å². The highest BCUT2D eigenvalue weighted by Crippen LogP contribution is 2.37. The summed E-state index contributed by atoms with van der Waals surface area (Å²) in [6, 6.07) is 4.60. The first kappa shape index (κ1) is 19.2. The van der Waals surface area contributed by atoms with Gasteiger partial charge in [0.05, 0.1) is 23.7 Å². The highest BCUT2D eigenvalue weighted by molar-refractivity contribution is 7.18. The van der Waals surface area contributed by atoms with Gasteiger partial charge in [-0.2, -0.15) is 18.6 Å². The van der Waals surface area contributed by atoms with Crippen LogP contribution in [0.25, 0.3) is 10.2 Å². The van der Waals surface area contributed by atoms with Gasteiger partial charge in [-0.3, -0.25) is 4.79 Å². The molecule has 142 valence electrons. The number of nitrogens with zero attached hydrogens (tertiary/aromatic N) is 3. The summed E-state index contributed by atoms with van der Waals surface area (Å²) in [5.74, 6) is -0.243. The third kappa shape index (κ3) is 4.09. The smallest absolute Gasteiger partial charge is 0.387 e. The molecule has 6 nitrogen and oxygen atoms in total. The summed E-state index contributed by atoms with van der Waals surface area (Å²) >= 11 is 7.45. The van der Waals surface area contributed by atoms with Crippen LogP contribution in [0.5, 0.6) is 11.5 Å². The summed E-state index contributed by atoms with van der Waals surface area (Å²) in [4.78, 5) is 18.5. The Hall–Kier alpha value is -2.52. The Kier molecular flexibility index (Phi) is 5.71. The topological polar surface area (TPSA) is 65.7 Å². The number of halogens is 3. The third-order valence-electron chi connectivity index (χ3n) is 3.62. The highest BCUT2D eigenvalue weighted by atomic mass is 35.5. The number of ether oxygens (including phenoxy) is 2. The van der Waals surface area contributed by atoms with E-state index in [1.807, 2.05) is 6.92 Å². The number of hydrogen-bond acceptors (Lipinski definition) is 6. The highest BCUT2D eigenvalue weighted by Gasteiger charge is 2.16. The monoisotopic (exact) mass is 413 g/mol. The molecule has 3 aromatic rings. The fourth-order valence-corrected chi connectivity index (χ4v) is 3.56. The lowest BCUT2D eigenvalue weighted by Crippen LogP contribution is -2.16. The van der Waals surface area contributed by atoms with Crippen molar-refractivity contribution in [2.45, 2.75) is 20.0 Å². The molecule has 0 aliphatic carbocycles. The lowest BCUT2D eigenvalue weighted by molar-refractivity contribution is -0.0511. The van der Waals surface area contributed by atoms with Crippen LogP contribution in [-0.2, 0) is 6.42 Å². The summed E-state index contributed by atoms with van der Waals surface area (Å²) in [7, 11) is 1.30. The van der Waals surface area contributed by atoms with Crippen molar-refractivity contribution in [2.24, 2.45) is 5.10 Å². The molecular weight excluding hydrogens is 400 g/mol. The molecule has 2 heterocycles. The van der Waals surface area contributed by atoms with Crippen LogP contribution in [-0.4, -0.2) is 29.6 Å². The second-order valence-corrected chi connectivity index (χ2v) is 6.86. The van der Waals surface area contributed by atoms with E-state index in [1.165, 1.54) is 43.1 Å². The van der Waals surface area contributed by atoms with Gasteiger partial charge in [0, 0.05) is 4.88 Å². The van der Waals surface area contributed by atoms with Crippen LogP contribution >= 0.6 is 22.9 Å². The van der Waals surface area contributed by atoms with Crippen LogP contribution in [0.15, 0.2) is 34.4 Å². The van der Waals surface area contributed by atoms with E-state index < -0.39 is 6.61 Å². The van der Waals surface area contributed by atoms with Crippen LogP contribution < -0.4 is 15.0 Å². The summed E-state index contributed by atoms with van der Waals surface area (Å²) in [5.41, 5.74) is 0.132. The molecule has 10 heteroatoms. The average molecular weight is 414 g/mol. The summed E-state index contributed by atoms with van der Waals surface area (Å²) in [6.07, 6.45) is 3.49. The van der Waals surface area contributed by atoms with Crippen LogP contribution in [0.3, 0.4) is 0 Å². The molecule has 2 aromatic heterocycles. The molecule has 0 fully saturated rings. The number of fused-ring (bicyclic) bond motifs is 1. The van der Waals surface area contributed by atoms with Crippen molar-refractivity contribution in [3.05, 3.63) is 50.3 Å².